The van der Waals surface area contributed by atoms with Gasteiger partial charge in [0.2, 0.25) is 10.0 Å². The molecule has 182 valence electrons. The van der Waals surface area contributed by atoms with Crippen LogP contribution < -0.4 is 10.6 Å². The van der Waals surface area contributed by atoms with Gasteiger partial charge in [-0.15, -0.1) is 0 Å². The van der Waals surface area contributed by atoms with Gasteiger partial charge in [0.15, 0.2) is 6.61 Å². The van der Waals surface area contributed by atoms with E-state index < -0.39 is 40.5 Å². The van der Waals surface area contributed by atoms with E-state index in [0.717, 1.165) is 24.8 Å². The molecule has 2 aromatic rings. The summed E-state index contributed by atoms with van der Waals surface area (Å²) in [5.41, 5.74) is 2.30. The van der Waals surface area contributed by atoms with E-state index in [-0.39, 0.29) is 24.5 Å². The Morgan fingerprint density at radius 3 is 2.59 bits per heavy atom. The number of furan rings is 1. The topological polar surface area (TPSA) is 135 Å². The molecule has 10 nitrogen and oxygen atoms in total. The molecule has 11 heteroatoms. The Kier molecular flexibility index (Phi) is 7.32. The van der Waals surface area contributed by atoms with Crippen molar-refractivity contribution in [1.29, 1.82) is 0 Å². The molecule has 0 radical (unpaired) electrons. The second-order valence-electron chi connectivity index (χ2n) is 8.38. The molecule has 2 heterocycles. The smallest absolute Gasteiger partial charge is 0.321 e. The SMILES string of the molecule is O=C(COC(=O)C1CCN(S(=O)(=O)c2ccc3c(c2)CCC3)CC1)NC(=O)NCc1ccco1. The molecule has 34 heavy (non-hydrogen) atoms. The Morgan fingerprint density at radius 1 is 1.09 bits per heavy atom. The number of hydrogen-bond donors (Lipinski definition) is 2. The van der Waals surface area contributed by atoms with Crippen LogP contribution in [0.4, 0.5) is 4.79 Å². The highest BCUT2D eigenvalue weighted by molar-refractivity contribution is 7.89. The molecule has 0 saturated carbocycles. The Bertz CT molecular complexity index is 1150. The third kappa shape index (κ3) is 5.65. The highest BCUT2D eigenvalue weighted by Crippen LogP contribution is 2.28. The molecule has 1 aliphatic heterocycles. The number of urea groups is 1. The molecule has 0 unspecified atom stereocenters. The summed E-state index contributed by atoms with van der Waals surface area (Å²) in [6.45, 7) is -0.0966. The summed E-state index contributed by atoms with van der Waals surface area (Å²) in [6.07, 6.45) is 4.98. The van der Waals surface area contributed by atoms with Crippen molar-refractivity contribution in [3.63, 3.8) is 0 Å². The molecule has 2 aliphatic rings. The second kappa shape index (κ2) is 10.4. The number of sulfonamides is 1. The van der Waals surface area contributed by atoms with Gasteiger partial charge in [-0.2, -0.15) is 4.31 Å². The van der Waals surface area contributed by atoms with Crippen molar-refractivity contribution in [2.24, 2.45) is 5.92 Å². The molecule has 1 fully saturated rings. The zero-order chi connectivity index (χ0) is 24.1. The Morgan fingerprint density at radius 2 is 1.85 bits per heavy atom. The molecular formula is C23H27N3O7S. The molecule has 0 bridgehead atoms. The van der Waals surface area contributed by atoms with E-state index in [0.29, 0.717) is 18.6 Å². The van der Waals surface area contributed by atoms with Crippen LogP contribution in [0.1, 0.15) is 36.1 Å². The number of rotatable bonds is 7. The lowest BCUT2D eigenvalue weighted by Gasteiger charge is -2.30. The van der Waals surface area contributed by atoms with Gasteiger partial charge in [-0.1, -0.05) is 6.07 Å². The first kappa shape index (κ1) is 24.0. The van der Waals surface area contributed by atoms with Crippen molar-refractivity contribution in [2.45, 2.75) is 43.5 Å². The highest BCUT2D eigenvalue weighted by Gasteiger charge is 2.33. The third-order valence-electron chi connectivity index (χ3n) is 6.10. The fraction of sp³-hybridized carbons (Fsp3) is 0.435. The van der Waals surface area contributed by atoms with Crippen LogP contribution in [0.25, 0.3) is 0 Å². The van der Waals surface area contributed by atoms with Crippen molar-refractivity contribution in [2.75, 3.05) is 19.7 Å². The lowest BCUT2D eigenvalue weighted by Crippen LogP contribution is -2.42. The van der Waals surface area contributed by atoms with Crippen molar-refractivity contribution in [3.05, 3.63) is 53.5 Å². The number of carbonyl (C=O) groups excluding carboxylic acids is 3. The number of hydrogen-bond acceptors (Lipinski definition) is 7. The van der Waals surface area contributed by atoms with Gasteiger partial charge in [-0.3, -0.25) is 14.9 Å². The Labute approximate surface area is 197 Å². The molecule has 1 saturated heterocycles. The fourth-order valence-electron chi connectivity index (χ4n) is 4.23. The normalized spacial score (nSPS) is 16.6. The summed E-state index contributed by atoms with van der Waals surface area (Å²) in [5.74, 6) is -1.33. The molecule has 4 rings (SSSR count). The Hall–Kier alpha value is -3.18. The van der Waals surface area contributed by atoms with Gasteiger partial charge in [0.25, 0.3) is 5.91 Å². The summed E-state index contributed by atoms with van der Waals surface area (Å²) in [6, 6.07) is 7.92. The van der Waals surface area contributed by atoms with Gasteiger partial charge >= 0.3 is 12.0 Å². The number of imide groups is 1. The molecule has 1 aromatic carbocycles. The quantitative estimate of drug-likeness (QED) is 0.566. The molecule has 1 aliphatic carbocycles. The van der Waals surface area contributed by atoms with Crippen molar-refractivity contribution in [3.8, 4) is 0 Å². The van der Waals surface area contributed by atoms with Gasteiger partial charge in [0.1, 0.15) is 5.76 Å². The number of amides is 3. The van der Waals surface area contributed by atoms with Crippen LogP contribution in [-0.4, -0.2) is 50.3 Å². The van der Waals surface area contributed by atoms with Gasteiger partial charge < -0.3 is 14.5 Å². The minimum atomic E-state index is -3.63. The minimum Gasteiger partial charge on any atom is -0.467 e. The summed E-state index contributed by atoms with van der Waals surface area (Å²) in [7, 11) is -3.63. The predicted molar refractivity (Wildman–Crippen MR) is 120 cm³/mol. The van der Waals surface area contributed by atoms with Crippen LogP contribution >= 0.6 is 0 Å². The van der Waals surface area contributed by atoms with E-state index in [1.807, 2.05) is 6.07 Å². The largest absolute Gasteiger partial charge is 0.467 e. The number of piperidine rings is 1. The number of ether oxygens (including phenoxy) is 1. The molecule has 3 amide bonds. The first-order chi connectivity index (χ1) is 16.3. The zero-order valence-corrected chi connectivity index (χ0v) is 19.4. The van der Waals surface area contributed by atoms with Gasteiger partial charge in [-0.25, -0.2) is 13.2 Å². The number of benzene rings is 1. The van der Waals surface area contributed by atoms with Gasteiger partial charge in [-0.05, 0) is 67.5 Å². The standard InChI is InChI=1S/C23H27N3O7S/c27-21(25-23(29)24-14-19-5-2-12-32-19)15-33-22(28)17-8-10-26(11-9-17)34(30,31)20-7-6-16-3-1-4-18(16)13-20/h2,5-7,12-13,17H,1,3-4,8-11,14-15H2,(H2,24,25,27,29). The Balaban J connectivity index is 1.20. The average molecular weight is 490 g/mol. The molecule has 1 aromatic heterocycles. The van der Waals surface area contributed by atoms with Crippen molar-refractivity contribution < 1.29 is 32.0 Å². The first-order valence-electron chi connectivity index (χ1n) is 11.2. The van der Waals surface area contributed by atoms with Crippen LogP contribution in [0.3, 0.4) is 0 Å². The van der Waals surface area contributed by atoms with E-state index in [4.69, 9.17) is 9.15 Å². The molecule has 0 atom stereocenters. The predicted octanol–water partition coefficient (Wildman–Crippen LogP) is 1.74. The lowest BCUT2D eigenvalue weighted by atomic mass is 9.98. The molecule has 0 spiro atoms. The number of carbonyl (C=O) groups is 3. The van der Waals surface area contributed by atoms with Crippen LogP contribution in [0.15, 0.2) is 45.9 Å². The van der Waals surface area contributed by atoms with Crippen LogP contribution in [0, 0.1) is 5.92 Å². The zero-order valence-electron chi connectivity index (χ0n) is 18.6. The van der Waals surface area contributed by atoms with Crippen molar-refractivity contribution in [1.82, 2.24) is 14.9 Å². The fourth-order valence-corrected chi connectivity index (χ4v) is 5.75. The maximum atomic E-state index is 13.0. The number of nitrogens with zero attached hydrogens (tertiary/aromatic N) is 1. The number of aryl methyl sites for hydroxylation is 2. The van der Waals surface area contributed by atoms with Crippen molar-refractivity contribution >= 4 is 27.9 Å². The van der Waals surface area contributed by atoms with Crippen LogP contribution in [0.5, 0.6) is 0 Å². The van der Waals surface area contributed by atoms with E-state index in [2.05, 4.69) is 10.6 Å². The number of nitrogens with one attached hydrogen (secondary N) is 2. The van der Waals surface area contributed by atoms with Gasteiger partial charge in [0, 0.05) is 13.1 Å². The molecular weight excluding hydrogens is 462 g/mol. The lowest BCUT2D eigenvalue weighted by molar-refractivity contribution is -0.153. The number of esters is 1. The first-order valence-corrected chi connectivity index (χ1v) is 12.7. The summed E-state index contributed by atoms with van der Waals surface area (Å²) >= 11 is 0. The van der Waals surface area contributed by atoms with E-state index >= 15 is 0 Å². The van der Waals surface area contributed by atoms with Gasteiger partial charge in [0.05, 0.1) is 23.6 Å². The minimum absolute atomic E-state index is 0.110. The third-order valence-corrected chi connectivity index (χ3v) is 7.99. The van der Waals surface area contributed by atoms with E-state index in [1.165, 1.54) is 16.1 Å². The second-order valence-corrected chi connectivity index (χ2v) is 10.3. The molecule has 2 N–H and O–H groups in total. The van der Waals surface area contributed by atoms with Crippen LogP contribution in [0.2, 0.25) is 0 Å². The average Bonchev–Trinajstić information content (AvgIpc) is 3.52. The summed E-state index contributed by atoms with van der Waals surface area (Å²) < 4.78 is 37.5. The maximum Gasteiger partial charge on any atom is 0.321 e. The summed E-state index contributed by atoms with van der Waals surface area (Å²) in [4.78, 5) is 36.2. The summed E-state index contributed by atoms with van der Waals surface area (Å²) in [5, 5.41) is 4.51. The van der Waals surface area contributed by atoms with E-state index in [1.54, 1.807) is 24.3 Å². The van der Waals surface area contributed by atoms with Crippen LogP contribution in [-0.2, 0) is 43.7 Å². The van der Waals surface area contributed by atoms with E-state index in [9.17, 15) is 22.8 Å². The highest BCUT2D eigenvalue weighted by atomic mass is 32.2. The maximum absolute atomic E-state index is 13.0. The monoisotopic (exact) mass is 489 g/mol. The number of fused-ring (bicyclic) bond motifs is 1.